The third kappa shape index (κ3) is 5.72. The lowest BCUT2D eigenvalue weighted by Crippen LogP contribution is -2.44. The molecular formula is C29H32N4O2. The van der Waals surface area contributed by atoms with Crippen molar-refractivity contribution in [2.45, 2.75) is 31.5 Å². The van der Waals surface area contributed by atoms with Crippen molar-refractivity contribution in [1.29, 1.82) is 0 Å². The number of hydrogen-bond acceptors (Lipinski definition) is 3. The molecule has 0 bridgehead atoms. The van der Waals surface area contributed by atoms with Gasteiger partial charge in [-0.2, -0.15) is 0 Å². The average Bonchev–Trinajstić information content (AvgIpc) is 3.58. The predicted octanol–water partition coefficient (Wildman–Crippen LogP) is 4.14. The summed E-state index contributed by atoms with van der Waals surface area (Å²) in [5.74, 6) is -0.0877. The minimum atomic E-state index is -0.0877. The van der Waals surface area contributed by atoms with Crippen molar-refractivity contribution in [3.8, 4) is 11.1 Å². The van der Waals surface area contributed by atoms with E-state index in [1.165, 1.54) is 5.56 Å². The molecule has 3 aromatic rings. The maximum absolute atomic E-state index is 13.1. The molecule has 6 heteroatoms. The van der Waals surface area contributed by atoms with Crippen LogP contribution < -0.4 is 10.6 Å². The lowest BCUT2D eigenvalue weighted by Gasteiger charge is -2.24. The zero-order valence-corrected chi connectivity index (χ0v) is 19.9. The van der Waals surface area contributed by atoms with E-state index in [4.69, 9.17) is 0 Å². The highest BCUT2D eigenvalue weighted by Crippen LogP contribution is 2.20. The average molecular weight is 469 g/mol. The lowest BCUT2D eigenvalue weighted by molar-refractivity contribution is 0.0937. The highest BCUT2D eigenvalue weighted by molar-refractivity contribution is 5.95. The largest absolute Gasteiger partial charge is 0.347 e. The molecule has 2 heterocycles. The van der Waals surface area contributed by atoms with Crippen LogP contribution in [0, 0.1) is 0 Å². The van der Waals surface area contributed by atoms with Gasteiger partial charge in [-0.25, -0.2) is 4.79 Å². The minimum absolute atomic E-state index is 0.0187. The number of benzene rings is 3. The summed E-state index contributed by atoms with van der Waals surface area (Å²) < 4.78 is 0. The highest BCUT2D eigenvalue weighted by atomic mass is 16.2. The standard InChI is InChI=1S/C29H32N4O2/c34-28(25-13-11-24(12-14-25)23-9-5-2-6-10-23)31-27-16-18-33(21-27)29(35)32-17-15-26(20-32)30-19-22-7-3-1-4-8-22/h1-14,26-27,30H,15-21H2,(H,31,34)/t26?,27-/m0/s1. The van der Waals surface area contributed by atoms with E-state index < -0.39 is 0 Å². The van der Waals surface area contributed by atoms with Crippen LogP contribution in [0.1, 0.15) is 28.8 Å². The zero-order valence-electron chi connectivity index (χ0n) is 19.9. The van der Waals surface area contributed by atoms with E-state index in [0.29, 0.717) is 24.7 Å². The molecule has 0 aliphatic carbocycles. The summed E-state index contributed by atoms with van der Waals surface area (Å²) in [4.78, 5) is 29.6. The molecule has 2 N–H and O–H groups in total. The molecule has 2 atom stereocenters. The van der Waals surface area contributed by atoms with E-state index in [2.05, 4.69) is 34.9 Å². The number of nitrogens with zero attached hydrogens (tertiary/aromatic N) is 2. The van der Waals surface area contributed by atoms with Gasteiger partial charge < -0.3 is 20.4 Å². The fraction of sp³-hybridized carbons (Fsp3) is 0.310. The monoisotopic (exact) mass is 468 g/mol. The molecular weight excluding hydrogens is 436 g/mol. The second-order valence-corrected chi connectivity index (χ2v) is 9.43. The van der Waals surface area contributed by atoms with Gasteiger partial charge in [0.25, 0.3) is 5.91 Å². The molecule has 3 aromatic carbocycles. The molecule has 2 aliphatic heterocycles. The number of likely N-dealkylation sites (tertiary alicyclic amines) is 2. The van der Waals surface area contributed by atoms with Crippen LogP contribution in [-0.4, -0.2) is 60.0 Å². The van der Waals surface area contributed by atoms with E-state index in [1.54, 1.807) is 0 Å². The van der Waals surface area contributed by atoms with E-state index in [1.807, 2.05) is 70.5 Å². The summed E-state index contributed by atoms with van der Waals surface area (Å²) in [6, 6.07) is 28.5. The molecule has 0 aromatic heterocycles. The predicted molar refractivity (Wildman–Crippen MR) is 138 cm³/mol. The minimum Gasteiger partial charge on any atom is -0.347 e. The van der Waals surface area contributed by atoms with Crippen LogP contribution in [0.5, 0.6) is 0 Å². The maximum atomic E-state index is 13.1. The Labute approximate surface area is 206 Å². The van der Waals surface area contributed by atoms with E-state index in [-0.39, 0.29) is 18.0 Å². The van der Waals surface area contributed by atoms with Crippen molar-refractivity contribution in [3.63, 3.8) is 0 Å². The Bertz CT molecular complexity index is 1130. The first-order valence-electron chi connectivity index (χ1n) is 12.4. The Morgan fingerprint density at radius 3 is 1.97 bits per heavy atom. The Balaban J connectivity index is 1.08. The molecule has 0 spiro atoms. The van der Waals surface area contributed by atoms with Crippen molar-refractivity contribution in [2.75, 3.05) is 26.2 Å². The zero-order chi connectivity index (χ0) is 24.0. The Hall–Kier alpha value is -3.64. The number of carbonyl (C=O) groups excluding carboxylic acids is 2. The van der Waals surface area contributed by atoms with E-state index in [0.717, 1.165) is 43.6 Å². The summed E-state index contributed by atoms with van der Waals surface area (Å²) in [6.45, 7) is 3.55. The number of nitrogens with one attached hydrogen (secondary N) is 2. The second-order valence-electron chi connectivity index (χ2n) is 9.43. The summed E-state index contributed by atoms with van der Waals surface area (Å²) in [7, 11) is 0. The lowest BCUT2D eigenvalue weighted by atomic mass is 10.0. The van der Waals surface area contributed by atoms with Crippen LogP contribution in [0.15, 0.2) is 84.9 Å². The van der Waals surface area contributed by atoms with Crippen molar-refractivity contribution in [2.24, 2.45) is 0 Å². The van der Waals surface area contributed by atoms with E-state index in [9.17, 15) is 9.59 Å². The van der Waals surface area contributed by atoms with Gasteiger partial charge in [0.05, 0.1) is 0 Å². The fourth-order valence-corrected chi connectivity index (χ4v) is 4.92. The van der Waals surface area contributed by atoms with Crippen LogP contribution in [0.2, 0.25) is 0 Å². The van der Waals surface area contributed by atoms with Crippen LogP contribution >= 0.6 is 0 Å². The van der Waals surface area contributed by atoms with E-state index >= 15 is 0 Å². The van der Waals surface area contributed by atoms with Gasteiger partial charge in [0.15, 0.2) is 0 Å². The number of urea groups is 1. The third-order valence-corrected chi connectivity index (χ3v) is 6.94. The number of hydrogen-bond donors (Lipinski definition) is 2. The van der Waals surface area contributed by atoms with Crippen molar-refractivity contribution in [1.82, 2.24) is 20.4 Å². The van der Waals surface area contributed by atoms with Crippen molar-refractivity contribution in [3.05, 3.63) is 96.1 Å². The topological polar surface area (TPSA) is 64.7 Å². The molecule has 35 heavy (non-hydrogen) atoms. The molecule has 1 unspecified atom stereocenters. The Morgan fingerprint density at radius 2 is 1.29 bits per heavy atom. The molecule has 2 fully saturated rings. The van der Waals surface area contributed by atoms with Crippen molar-refractivity contribution >= 4 is 11.9 Å². The van der Waals surface area contributed by atoms with Crippen LogP contribution in [0.3, 0.4) is 0 Å². The highest BCUT2D eigenvalue weighted by Gasteiger charge is 2.33. The van der Waals surface area contributed by atoms with Gasteiger partial charge in [0.2, 0.25) is 0 Å². The van der Waals surface area contributed by atoms with Gasteiger partial charge in [0.1, 0.15) is 0 Å². The molecule has 0 saturated carbocycles. The summed E-state index contributed by atoms with van der Waals surface area (Å²) >= 11 is 0. The molecule has 180 valence electrons. The Morgan fingerprint density at radius 1 is 0.714 bits per heavy atom. The van der Waals surface area contributed by atoms with Gasteiger partial charge >= 0.3 is 6.03 Å². The molecule has 3 amide bonds. The number of rotatable bonds is 6. The van der Waals surface area contributed by atoms with Gasteiger partial charge in [-0.05, 0) is 41.7 Å². The first-order chi connectivity index (χ1) is 17.2. The SMILES string of the molecule is O=C(N[C@H]1CCN(C(=O)N2CCC(NCc3ccccc3)C2)C1)c1ccc(-c2ccccc2)cc1. The van der Waals surface area contributed by atoms with Crippen LogP contribution in [0.25, 0.3) is 11.1 Å². The van der Waals surface area contributed by atoms with Gasteiger partial charge in [0, 0.05) is 50.4 Å². The van der Waals surface area contributed by atoms with Gasteiger partial charge in [-0.15, -0.1) is 0 Å². The van der Waals surface area contributed by atoms with Crippen molar-refractivity contribution < 1.29 is 9.59 Å². The summed E-state index contributed by atoms with van der Waals surface area (Å²) in [5, 5.41) is 6.68. The normalized spacial score (nSPS) is 19.7. The Kier molecular flexibility index (Phi) is 7.09. The molecule has 6 nitrogen and oxygen atoms in total. The first kappa shape index (κ1) is 23.1. The first-order valence-corrected chi connectivity index (χ1v) is 12.4. The molecule has 5 rings (SSSR count). The van der Waals surface area contributed by atoms with Gasteiger partial charge in [-0.1, -0.05) is 72.8 Å². The smallest absolute Gasteiger partial charge is 0.320 e. The number of amides is 3. The van der Waals surface area contributed by atoms with Gasteiger partial charge in [-0.3, -0.25) is 4.79 Å². The maximum Gasteiger partial charge on any atom is 0.320 e. The second kappa shape index (κ2) is 10.7. The molecule has 0 radical (unpaired) electrons. The fourth-order valence-electron chi connectivity index (χ4n) is 4.92. The third-order valence-electron chi connectivity index (χ3n) is 6.94. The molecule has 2 aliphatic rings. The molecule has 2 saturated heterocycles. The summed E-state index contributed by atoms with van der Waals surface area (Å²) in [5.41, 5.74) is 4.11. The van der Waals surface area contributed by atoms with Crippen LogP contribution in [0.4, 0.5) is 4.79 Å². The summed E-state index contributed by atoms with van der Waals surface area (Å²) in [6.07, 6.45) is 1.74. The number of carbonyl (C=O) groups is 2. The quantitative estimate of drug-likeness (QED) is 0.572. The van der Waals surface area contributed by atoms with Crippen LogP contribution in [-0.2, 0) is 6.54 Å².